The summed E-state index contributed by atoms with van der Waals surface area (Å²) in [6.45, 7) is 0.969. The molecule has 0 unspecified atom stereocenters. The van der Waals surface area contributed by atoms with Crippen LogP contribution in [0, 0.1) is 0 Å². The molecular formula is C11H15NO4. The van der Waals surface area contributed by atoms with Crippen molar-refractivity contribution in [2.24, 2.45) is 5.73 Å². The Morgan fingerprint density at radius 1 is 1.44 bits per heavy atom. The predicted octanol–water partition coefficient (Wildman–Crippen LogP) is 1.12. The first-order valence-electron chi connectivity index (χ1n) is 4.93. The van der Waals surface area contributed by atoms with Gasteiger partial charge in [0.15, 0.2) is 11.5 Å². The number of hydrogen-bond donors (Lipinski definition) is 2. The Balaban J connectivity index is 2.84. The highest BCUT2D eigenvalue weighted by Gasteiger charge is 2.09. The standard InChI is InChI=1S/C11H15NO4/c1-15-9-4-3-8(11(13)14)7-10(9)16-6-2-5-12/h3-4,7H,2,5-6,12H2,1H3,(H,13,14). The van der Waals surface area contributed by atoms with E-state index in [1.807, 2.05) is 0 Å². The fourth-order valence-electron chi connectivity index (χ4n) is 1.19. The van der Waals surface area contributed by atoms with E-state index in [0.717, 1.165) is 0 Å². The first kappa shape index (κ1) is 12.3. The zero-order valence-electron chi connectivity index (χ0n) is 9.10. The molecule has 0 radical (unpaired) electrons. The smallest absolute Gasteiger partial charge is 0.335 e. The predicted molar refractivity (Wildman–Crippen MR) is 59.1 cm³/mol. The molecule has 0 saturated carbocycles. The summed E-state index contributed by atoms with van der Waals surface area (Å²) in [5.74, 6) is -0.0517. The molecule has 16 heavy (non-hydrogen) atoms. The van der Waals surface area contributed by atoms with Crippen molar-refractivity contribution >= 4 is 5.97 Å². The minimum Gasteiger partial charge on any atom is -0.493 e. The van der Waals surface area contributed by atoms with Gasteiger partial charge in [0.05, 0.1) is 19.3 Å². The average Bonchev–Trinajstić information content (AvgIpc) is 2.29. The monoisotopic (exact) mass is 225 g/mol. The molecule has 5 heteroatoms. The summed E-state index contributed by atoms with van der Waals surface area (Å²) in [5.41, 5.74) is 5.51. The van der Waals surface area contributed by atoms with Crippen molar-refractivity contribution in [1.29, 1.82) is 0 Å². The van der Waals surface area contributed by atoms with Crippen molar-refractivity contribution < 1.29 is 19.4 Å². The Kier molecular flexibility index (Phi) is 4.60. The van der Waals surface area contributed by atoms with Crippen LogP contribution < -0.4 is 15.2 Å². The molecule has 0 heterocycles. The first-order valence-corrected chi connectivity index (χ1v) is 4.93. The van der Waals surface area contributed by atoms with Gasteiger partial charge in [0.1, 0.15) is 0 Å². The molecule has 0 aliphatic carbocycles. The van der Waals surface area contributed by atoms with E-state index in [1.165, 1.54) is 19.2 Å². The SMILES string of the molecule is COc1ccc(C(=O)O)cc1OCCCN. The fourth-order valence-corrected chi connectivity index (χ4v) is 1.19. The Hall–Kier alpha value is -1.75. The molecule has 0 fully saturated rings. The van der Waals surface area contributed by atoms with Crippen molar-refractivity contribution in [2.45, 2.75) is 6.42 Å². The maximum absolute atomic E-state index is 10.8. The lowest BCUT2D eigenvalue weighted by molar-refractivity contribution is 0.0696. The van der Waals surface area contributed by atoms with Crippen molar-refractivity contribution in [3.8, 4) is 11.5 Å². The second-order valence-electron chi connectivity index (χ2n) is 3.16. The molecule has 0 aromatic heterocycles. The minimum atomic E-state index is -0.994. The topological polar surface area (TPSA) is 81.8 Å². The Bertz CT molecular complexity index is 365. The van der Waals surface area contributed by atoms with Crippen LogP contribution in [0.4, 0.5) is 0 Å². The summed E-state index contributed by atoms with van der Waals surface area (Å²) in [5, 5.41) is 8.83. The van der Waals surface area contributed by atoms with Gasteiger partial charge in [-0.25, -0.2) is 4.79 Å². The van der Waals surface area contributed by atoms with E-state index >= 15 is 0 Å². The second kappa shape index (κ2) is 5.97. The van der Waals surface area contributed by atoms with Crippen LogP contribution in [-0.4, -0.2) is 31.3 Å². The number of methoxy groups -OCH3 is 1. The lowest BCUT2D eigenvalue weighted by Crippen LogP contribution is -2.07. The number of carboxylic acid groups (broad SMARTS) is 1. The van der Waals surface area contributed by atoms with Gasteiger partial charge in [-0.1, -0.05) is 0 Å². The summed E-state index contributed by atoms with van der Waals surface area (Å²) in [7, 11) is 1.51. The normalized spacial score (nSPS) is 9.88. The third kappa shape index (κ3) is 3.13. The molecule has 1 aromatic rings. The van der Waals surface area contributed by atoms with Gasteiger partial charge >= 0.3 is 5.97 Å². The molecule has 5 nitrogen and oxygen atoms in total. The summed E-state index contributed by atoms with van der Waals surface area (Å²) in [4.78, 5) is 10.8. The van der Waals surface area contributed by atoms with Gasteiger partial charge in [-0.15, -0.1) is 0 Å². The van der Waals surface area contributed by atoms with Crippen LogP contribution in [0.5, 0.6) is 11.5 Å². The Morgan fingerprint density at radius 2 is 2.19 bits per heavy atom. The zero-order chi connectivity index (χ0) is 12.0. The summed E-state index contributed by atoms with van der Waals surface area (Å²) >= 11 is 0. The van der Waals surface area contributed by atoms with Crippen LogP contribution >= 0.6 is 0 Å². The molecule has 0 bridgehead atoms. The average molecular weight is 225 g/mol. The van der Waals surface area contributed by atoms with Crippen molar-refractivity contribution in [1.82, 2.24) is 0 Å². The number of rotatable bonds is 6. The summed E-state index contributed by atoms with van der Waals surface area (Å²) in [6.07, 6.45) is 0.709. The molecule has 0 amide bonds. The number of ether oxygens (including phenoxy) is 2. The highest BCUT2D eigenvalue weighted by molar-refractivity contribution is 5.88. The minimum absolute atomic E-state index is 0.170. The molecule has 0 spiro atoms. The number of benzene rings is 1. The first-order chi connectivity index (χ1) is 7.69. The number of carbonyl (C=O) groups is 1. The van der Waals surface area contributed by atoms with Crippen LogP contribution in [0.1, 0.15) is 16.8 Å². The second-order valence-corrected chi connectivity index (χ2v) is 3.16. The molecule has 1 rings (SSSR count). The van der Waals surface area contributed by atoms with E-state index in [9.17, 15) is 4.79 Å². The number of aromatic carboxylic acids is 1. The van der Waals surface area contributed by atoms with E-state index in [2.05, 4.69) is 0 Å². The van der Waals surface area contributed by atoms with Gasteiger partial charge in [-0.05, 0) is 31.2 Å². The Morgan fingerprint density at radius 3 is 2.75 bits per heavy atom. The maximum Gasteiger partial charge on any atom is 0.335 e. The van der Waals surface area contributed by atoms with E-state index in [-0.39, 0.29) is 5.56 Å². The maximum atomic E-state index is 10.8. The lowest BCUT2D eigenvalue weighted by Gasteiger charge is -2.10. The third-order valence-electron chi connectivity index (χ3n) is 2.02. The quantitative estimate of drug-likeness (QED) is 0.709. The molecule has 88 valence electrons. The van der Waals surface area contributed by atoms with Crippen LogP contribution in [0.15, 0.2) is 18.2 Å². The van der Waals surface area contributed by atoms with Crippen LogP contribution in [0.3, 0.4) is 0 Å². The summed E-state index contributed by atoms with van der Waals surface area (Å²) < 4.78 is 10.5. The highest BCUT2D eigenvalue weighted by atomic mass is 16.5. The number of nitrogens with two attached hydrogens (primary N) is 1. The molecule has 1 aromatic carbocycles. The number of hydrogen-bond acceptors (Lipinski definition) is 4. The van der Waals surface area contributed by atoms with Crippen molar-refractivity contribution in [3.63, 3.8) is 0 Å². The number of carboxylic acids is 1. The molecule has 0 atom stereocenters. The summed E-state index contributed by atoms with van der Waals surface area (Å²) in [6, 6.07) is 4.48. The van der Waals surface area contributed by atoms with E-state index in [4.69, 9.17) is 20.3 Å². The van der Waals surface area contributed by atoms with Crippen LogP contribution in [-0.2, 0) is 0 Å². The van der Waals surface area contributed by atoms with Gasteiger partial charge in [-0.3, -0.25) is 0 Å². The van der Waals surface area contributed by atoms with Crippen LogP contribution in [0.25, 0.3) is 0 Å². The fraction of sp³-hybridized carbons (Fsp3) is 0.364. The highest BCUT2D eigenvalue weighted by Crippen LogP contribution is 2.28. The van der Waals surface area contributed by atoms with Crippen molar-refractivity contribution in [2.75, 3.05) is 20.3 Å². The lowest BCUT2D eigenvalue weighted by atomic mass is 10.2. The van der Waals surface area contributed by atoms with Gasteiger partial charge in [0.25, 0.3) is 0 Å². The third-order valence-corrected chi connectivity index (χ3v) is 2.02. The van der Waals surface area contributed by atoms with E-state index in [0.29, 0.717) is 31.1 Å². The Labute approximate surface area is 93.8 Å². The van der Waals surface area contributed by atoms with Crippen molar-refractivity contribution in [3.05, 3.63) is 23.8 Å². The molecule has 0 aliphatic rings. The van der Waals surface area contributed by atoms with Gasteiger partial charge < -0.3 is 20.3 Å². The van der Waals surface area contributed by atoms with Crippen LogP contribution in [0.2, 0.25) is 0 Å². The molecular weight excluding hydrogens is 210 g/mol. The largest absolute Gasteiger partial charge is 0.493 e. The van der Waals surface area contributed by atoms with Gasteiger partial charge in [0.2, 0.25) is 0 Å². The zero-order valence-corrected chi connectivity index (χ0v) is 9.10. The van der Waals surface area contributed by atoms with E-state index < -0.39 is 5.97 Å². The molecule has 0 saturated heterocycles. The van der Waals surface area contributed by atoms with Gasteiger partial charge in [-0.2, -0.15) is 0 Å². The molecule has 0 aliphatic heterocycles. The van der Waals surface area contributed by atoms with E-state index in [1.54, 1.807) is 6.07 Å². The molecule has 3 N–H and O–H groups in total. The van der Waals surface area contributed by atoms with Gasteiger partial charge in [0, 0.05) is 0 Å².